The largest absolute Gasteiger partial charge is 0.375 e. The summed E-state index contributed by atoms with van der Waals surface area (Å²) in [4.78, 5) is 5.85. The molecule has 0 atom stereocenters. The lowest BCUT2D eigenvalue weighted by atomic mass is 10.2. The van der Waals surface area contributed by atoms with E-state index in [0.29, 0.717) is 0 Å². The number of thiazole rings is 1. The maximum atomic E-state index is 5.32. The molecule has 0 N–H and O–H groups in total. The highest BCUT2D eigenvalue weighted by molar-refractivity contribution is 7.11. The highest BCUT2D eigenvalue weighted by atomic mass is 32.1. The smallest absolute Gasteiger partial charge is 0.0929 e. The molecule has 1 aliphatic heterocycles. The molecule has 11 heavy (non-hydrogen) atoms. The third kappa shape index (κ3) is 1.30. The Kier molecular flexibility index (Phi) is 1.92. The third-order valence-electron chi connectivity index (χ3n) is 1.84. The van der Waals surface area contributed by atoms with Crippen LogP contribution in [0.1, 0.15) is 22.5 Å². The minimum Gasteiger partial charge on any atom is -0.375 e. The Hall–Kier alpha value is -0.410. The summed E-state index contributed by atoms with van der Waals surface area (Å²) in [6.07, 6.45) is 2.06. The maximum Gasteiger partial charge on any atom is 0.0929 e. The van der Waals surface area contributed by atoms with Crippen LogP contribution in [0.2, 0.25) is 0 Å². The summed E-state index contributed by atoms with van der Waals surface area (Å²) in [6.45, 7) is 3.78. The van der Waals surface area contributed by atoms with Crippen LogP contribution in [0.25, 0.3) is 0 Å². The summed E-state index contributed by atoms with van der Waals surface area (Å²) >= 11 is 1.80. The zero-order chi connectivity index (χ0) is 7.68. The number of ether oxygens (including phenoxy) is 1. The van der Waals surface area contributed by atoms with Crippen LogP contribution in [0, 0.1) is 0 Å². The van der Waals surface area contributed by atoms with E-state index in [1.807, 2.05) is 0 Å². The number of nitrogens with zero attached hydrogens (tertiary/aromatic N) is 1. The quantitative estimate of drug-likeness (QED) is 0.639. The van der Waals surface area contributed by atoms with Gasteiger partial charge in [0.25, 0.3) is 0 Å². The molecule has 60 valence electrons. The Balaban J connectivity index is 2.32. The van der Waals surface area contributed by atoms with Crippen molar-refractivity contribution in [2.24, 2.45) is 0 Å². The average molecular weight is 169 g/mol. The molecule has 2 heterocycles. The van der Waals surface area contributed by atoms with E-state index in [0.717, 1.165) is 26.1 Å². The van der Waals surface area contributed by atoms with Gasteiger partial charge in [0.1, 0.15) is 0 Å². The van der Waals surface area contributed by atoms with Gasteiger partial charge in [-0.3, -0.25) is 0 Å². The van der Waals surface area contributed by atoms with Gasteiger partial charge in [-0.15, -0.1) is 11.3 Å². The zero-order valence-corrected chi connectivity index (χ0v) is 7.41. The number of aromatic nitrogens is 1. The van der Waals surface area contributed by atoms with E-state index in [1.165, 1.54) is 15.6 Å². The highest BCUT2D eigenvalue weighted by Crippen LogP contribution is 2.23. The minimum atomic E-state index is 0.785. The number of rotatable bonds is 1. The van der Waals surface area contributed by atoms with Gasteiger partial charge < -0.3 is 4.74 Å². The molecule has 0 aromatic carbocycles. The first-order valence-corrected chi connectivity index (χ1v) is 4.77. The molecule has 0 bridgehead atoms. The van der Waals surface area contributed by atoms with Crippen molar-refractivity contribution < 1.29 is 4.74 Å². The molecule has 1 aliphatic rings. The van der Waals surface area contributed by atoms with E-state index in [4.69, 9.17) is 4.74 Å². The molecular formula is C8H11NOS. The third-order valence-corrected chi connectivity index (χ3v) is 3.06. The second-order valence-electron chi connectivity index (χ2n) is 2.63. The number of hydrogen-bond acceptors (Lipinski definition) is 3. The number of hydrogen-bond donors (Lipinski definition) is 0. The van der Waals surface area contributed by atoms with Gasteiger partial charge >= 0.3 is 0 Å². The zero-order valence-electron chi connectivity index (χ0n) is 6.59. The van der Waals surface area contributed by atoms with Crippen molar-refractivity contribution in [3.63, 3.8) is 0 Å². The van der Waals surface area contributed by atoms with Gasteiger partial charge in [-0.1, -0.05) is 6.92 Å². The van der Waals surface area contributed by atoms with E-state index in [1.54, 1.807) is 11.3 Å². The molecule has 0 amide bonds. The molecule has 2 rings (SSSR count). The number of aryl methyl sites for hydroxylation is 1. The van der Waals surface area contributed by atoms with Crippen LogP contribution >= 0.6 is 11.3 Å². The van der Waals surface area contributed by atoms with Crippen LogP contribution in [0.4, 0.5) is 0 Å². The minimum absolute atomic E-state index is 0.785. The Morgan fingerprint density at radius 3 is 3.27 bits per heavy atom. The molecule has 0 aliphatic carbocycles. The Bertz CT molecular complexity index is 233. The first-order chi connectivity index (χ1) is 5.40. The first-order valence-electron chi connectivity index (χ1n) is 3.95. The van der Waals surface area contributed by atoms with Gasteiger partial charge in [-0.05, 0) is 6.42 Å². The van der Waals surface area contributed by atoms with Crippen molar-refractivity contribution in [2.75, 3.05) is 6.61 Å². The summed E-state index contributed by atoms with van der Waals surface area (Å²) in [5, 5.41) is 1.25. The average Bonchev–Trinajstić information content (AvgIpc) is 2.46. The summed E-state index contributed by atoms with van der Waals surface area (Å²) in [5.41, 5.74) is 1.28. The molecule has 0 saturated carbocycles. The molecule has 1 aromatic rings. The van der Waals surface area contributed by atoms with Crippen molar-refractivity contribution in [3.8, 4) is 0 Å². The number of fused-ring (bicyclic) bond motifs is 1. The standard InChI is InChI=1S/C8H11NOS/c1-2-8-9-6-3-4-10-5-7(6)11-8/h2-5H2,1H3. The summed E-state index contributed by atoms with van der Waals surface area (Å²) < 4.78 is 5.32. The fourth-order valence-corrected chi connectivity index (χ4v) is 2.22. The van der Waals surface area contributed by atoms with Crippen LogP contribution in [0.3, 0.4) is 0 Å². The molecule has 0 saturated heterocycles. The van der Waals surface area contributed by atoms with Gasteiger partial charge in [0.15, 0.2) is 0 Å². The monoisotopic (exact) mass is 169 g/mol. The summed E-state index contributed by atoms with van der Waals surface area (Å²) in [6, 6.07) is 0. The molecule has 0 radical (unpaired) electrons. The lowest BCUT2D eigenvalue weighted by Gasteiger charge is -2.08. The van der Waals surface area contributed by atoms with Crippen LogP contribution in [0.5, 0.6) is 0 Å². The van der Waals surface area contributed by atoms with E-state index >= 15 is 0 Å². The topological polar surface area (TPSA) is 22.1 Å². The Labute approximate surface area is 70.2 Å². The lowest BCUT2D eigenvalue weighted by Crippen LogP contribution is -2.07. The van der Waals surface area contributed by atoms with E-state index < -0.39 is 0 Å². The van der Waals surface area contributed by atoms with Crippen LogP contribution < -0.4 is 0 Å². The second kappa shape index (κ2) is 2.91. The van der Waals surface area contributed by atoms with E-state index in [-0.39, 0.29) is 0 Å². The van der Waals surface area contributed by atoms with E-state index in [9.17, 15) is 0 Å². The van der Waals surface area contributed by atoms with Gasteiger partial charge in [0.05, 0.1) is 28.8 Å². The molecule has 2 nitrogen and oxygen atoms in total. The molecule has 0 fully saturated rings. The van der Waals surface area contributed by atoms with Crippen molar-refractivity contribution in [2.45, 2.75) is 26.4 Å². The molecule has 0 unspecified atom stereocenters. The van der Waals surface area contributed by atoms with E-state index in [2.05, 4.69) is 11.9 Å². The SMILES string of the molecule is CCc1nc2c(s1)COCC2. The highest BCUT2D eigenvalue weighted by Gasteiger charge is 2.13. The Morgan fingerprint density at radius 1 is 1.64 bits per heavy atom. The van der Waals surface area contributed by atoms with Crippen LogP contribution in [-0.4, -0.2) is 11.6 Å². The summed E-state index contributed by atoms with van der Waals surface area (Å²) in [5.74, 6) is 0. The molecule has 3 heteroatoms. The predicted molar refractivity (Wildman–Crippen MR) is 44.9 cm³/mol. The van der Waals surface area contributed by atoms with Gasteiger partial charge in [-0.2, -0.15) is 0 Å². The maximum absolute atomic E-state index is 5.32. The predicted octanol–water partition coefficient (Wildman–Crippen LogP) is 1.78. The Morgan fingerprint density at radius 2 is 2.55 bits per heavy atom. The normalized spacial score (nSPS) is 16.5. The van der Waals surface area contributed by atoms with Gasteiger partial charge in [0.2, 0.25) is 0 Å². The lowest BCUT2D eigenvalue weighted by molar-refractivity contribution is 0.112. The first kappa shape index (κ1) is 7.25. The molecule has 1 aromatic heterocycles. The molecule has 0 spiro atoms. The van der Waals surface area contributed by atoms with Crippen molar-refractivity contribution in [1.29, 1.82) is 0 Å². The van der Waals surface area contributed by atoms with Crippen LogP contribution in [0.15, 0.2) is 0 Å². The van der Waals surface area contributed by atoms with Crippen molar-refractivity contribution >= 4 is 11.3 Å². The van der Waals surface area contributed by atoms with Gasteiger partial charge in [-0.25, -0.2) is 4.98 Å². The van der Waals surface area contributed by atoms with Crippen LogP contribution in [-0.2, 0) is 24.2 Å². The van der Waals surface area contributed by atoms with Gasteiger partial charge in [0, 0.05) is 6.42 Å². The fraction of sp³-hybridized carbons (Fsp3) is 0.625. The summed E-state index contributed by atoms with van der Waals surface area (Å²) in [7, 11) is 0. The molecular weight excluding hydrogens is 158 g/mol. The van der Waals surface area contributed by atoms with Crippen molar-refractivity contribution in [1.82, 2.24) is 4.98 Å². The second-order valence-corrected chi connectivity index (χ2v) is 3.80. The van der Waals surface area contributed by atoms with Crippen molar-refractivity contribution in [3.05, 3.63) is 15.6 Å². The fourth-order valence-electron chi connectivity index (χ4n) is 1.23.